The molecule has 1 nitrogen and oxygen atoms in total. The van der Waals surface area contributed by atoms with Gasteiger partial charge in [-0.05, 0) is 29.9 Å². The summed E-state index contributed by atoms with van der Waals surface area (Å²) in [5.74, 6) is 2.46. The van der Waals surface area contributed by atoms with Gasteiger partial charge in [0, 0.05) is 0 Å². The zero-order valence-electron chi connectivity index (χ0n) is 8.99. The van der Waals surface area contributed by atoms with Crippen LogP contribution in [0.25, 0.3) is 0 Å². The molecule has 1 aromatic carbocycles. The fourth-order valence-electron chi connectivity index (χ4n) is 2.31. The SMILES string of the molecule is CCCC1c2ccccc2OCC1C. The van der Waals surface area contributed by atoms with Crippen LogP contribution in [0.3, 0.4) is 0 Å². The van der Waals surface area contributed by atoms with E-state index in [0.29, 0.717) is 11.8 Å². The second-order valence-corrected chi connectivity index (χ2v) is 4.22. The topological polar surface area (TPSA) is 9.23 Å². The van der Waals surface area contributed by atoms with E-state index >= 15 is 0 Å². The smallest absolute Gasteiger partial charge is 0.122 e. The van der Waals surface area contributed by atoms with Crippen LogP contribution in [0.15, 0.2) is 24.3 Å². The minimum absolute atomic E-state index is 0.657. The van der Waals surface area contributed by atoms with E-state index in [2.05, 4.69) is 38.1 Å². The minimum Gasteiger partial charge on any atom is -0.493 e. The summed E-state index contributed by atoms with van der Waals surface area (Å²) in [4.78, 5) is 0. The number of benzene rings is 1. The van der Waals surface area contributed by atoms with Crippen LogP contribution in [-0.4, -0.2) is 6.61 Å². The van der Waals surface area contributed by atoms with Crippen molar-refractivity contribution in [1.29, 1.82) is 0 Å². The van der Waals surface area contributed by atoms with Crippen LogP contribution in [0.4, 0.5) is 0 Å². The van der Waals surface area contributed by atoms with Gasteiger partial charge in [0.1, 0.15) is 5.75 Å². The van der Waals surface area contributed by atoms with Crippen LogP contribution in [0, 0.1) is 5.92 Å². The molecular weight excluding hydrogens is 172 g/mol. The highest BCUT2D eigenvalue weighted by molar-refractivity contribution is 5.38. The van der Waals surface area contributed by atoms with Gasteiger partial charge in [-0.25, -0.2) is 0 Å². The number of hydrogen-bond donors (Lipinski definition) is 0. The van der Waals surface area contributed by atoms with Gasteiger partial charge >= 0.3 is 0 Å². The predicted molar refractivity (Wildman–Crippen MR) is 58.8 cm³/mol. The molecule has 0 spiro atoms. The Labute approximate surface area is 86.1 Å². The Bertz CT molecular complexity index is 306. The van der Waals surface area contributed by atoms with Crippen molar-refractivity contribution in [3.8, 4) is 5.75 Å². The number of para-hydroxylation sites is 1. The Morgan fingerprint density at radius 1 is 1.36 bits per heavy atom. The van der Waals surface area contributed by atoms with Crippen molar-refractivity contribution in [1.82, 2.24) is 0 Å². The Balaban J connectivity index is 2.31. The van der Waals surface area contributed by atoms with E-state index in [1.807, 2.05) is 0 Å². The van der Waals surface area contributed by atoms with Gasteiger partial charge in [0.25, 0.3) is 0 Å². The lowest BCUT2D eigenvalue weighted by Crippen LogP contribution is -2.23. The van der Waals surface area contributed by atoms with Crippen LogP contribution in [0.5, 0.6) is 5.75 Å². The van der Waals surface area contributed by atoms with Crippen molar-refractivity contribution >= 4 is 0 Å². The molecule has 2 atom stereocenters. The summed E-state index contributed by atoms with van der Waals surface area (Å²) in [6, 6.07) is 8.47. The maximum atomic E-state index is 5.71. The second-order valence-electron chi connectivity index (χ2n) is 4.22. The van der Waals surface area contributed by atoms with Crippen molar-refractivity contribution in [3.63, 3.8) is 0 Å². The molecule has 0 amide bonds. The van der Waals surface area contributed by atoms with E-state index in [0.717, 1.165) is 12.4 Å². The van der Waals surface area contributed by atoms with Gasteiger partial charge in [0.05, 0.1) is 6.61 Å². The standard InChI is InChI=1S/C13H18O/c1-3-6-11-10(2)9-14-13-8-5-4-7-12(11)13/h4-5,7-8,10-11H,3,6,9H2,1-2H3. The number of hydrogen-bond acceptors (Lipinski definition) is 1. The number of ether oxygens (including phenoxy) is 1. The van der Waals surface area contributed by atoms with Crippen LogP contribution >= 0.6 is 0 Å². The van der Waals surface area contributed by atoms with Crippen molar-refractivity contribution in [2.75, 3.05) is 6.61 Å². The molecule has 1 heterocycles. The van der Waals surface area contributed by atoms with E-state index in [1.165, 1.54) is 18.4 Å². The average molecular weight is 190 g/mol. The third-order valence-corrected chi connectivity index (χ3v) is 3.11. The molecule has 2 unspecified atom stereocenters. The summed E-state index contributed by atoms with van der Waals surface area (Å²) < 4.78 is 5.71. The number of fused-ring (bicyclic) bond motifs is 1. The molecule has 0 bridgehead atoms. The quantitative estimate of drug-likeness (QED) is 0.692. The van der Waals surface area contributed by atoms with Crippen LogP contribution in [0.2, 0.25) is 0 Å². The molecule has 1 aliphatic heterocycles. The summed E-state index contributed by atoms with van der Waals surface area (Å²) in [7, 11) is 0. The molecule has 0 fully saturated rings. The van der Waals surface area contributed by atoms with Crippen molar-refractivity contribution < 1.29 is 4.74 Å². The van der Waals surface area contributed by atoms with E-state index in [9.17, 15) is 0 Å². The average Bonchev–Trinajstić information content (AvgIpc) is 2.23. The summed E-state index contributed by atoms with van der Waals surface area (Å²) in [6.07, 6.45) is 2.53. The fourth-order valence-corrected chi connectivity index (χ4v) is 2.31. The van der Waals surface area contributed by atoms with Gasteiger partial charge in [-0.2, -0.15) is 0 Å². The summed E-state index contributed by atoms with van der Waals surface area (Å²) in [5.41, 5.74) is 1.41. The monoisotopic (exact) mass is 190 g/mol. The zero-order chi connectivity index (χ0) is 9.97. The van der Waals surface area contributed by atoms with Crippen molar-refractivity contribution in [2.24, 2.45) is 5.92 Å². The van der Waals surface area contributed by atoms with Gasteiger partial charge in [0.15, 0.2) is 0 Å². The minimum atomic E-state index is 0.657. The highest BCUT2D eigenvalue weighted by Gasteiger charge is 2.26. The molecule has 1 aliphatic rings. The van der Waals surface area contributed by atoms with Gasteiger partial charge in [0.2, 0.25) is 0 Å². The summed E-state index contributed by atoms with van der Waals surface area (Å²) >= 11 is 0. The third kappa shape index (κ3) is 1.63. The Hall–Kier alpha value is -0.980. The fraction of sp³-hybridized carbons (Fsp3) is 0.538. The Kier molecular flexibility index (Phi) is 2.76. The first-order valence-corrected chi connectivity index (χ1v) is 5.54. The first kappa shape index (κ1) is 9.57. The lowest BCUT2D eigenvalue weighted by atomic mass is 9.82. The Morgan fingerprint density at radius 2 is 2.14 bits per heavy atom. The highest BCUT2D eigenvalue weighted by atomic mass is 16.5. The normalized spacial score (nSPS) is 25.3. The third-order valence-electron chi connectivity index (χ3n) is 3.11. The first-order valence-electron chi connectivity index (χ1n) is 5.54. The lowest BCUT2D eigenvalue weighted by molar-refractivity contribution is 0.200. The molecular formula is C13H18O. The van der Waals surface area contributed by atoms with Crippen LogP contribution in [-0.2, 0) is 0 Å². The van der Waals surface area contributed by atoms with Gasteiger partial charge in [-0.15, -0.1) is 0 Å². The van der Waals surface area contributed by atoms with E-state index in [1.54, 1.807) is 0 Å². The van der Waals surface area contributed by atoms with Gasteiger partial charge in [-0.1, -0.05) is 38.5 Å². The molecule has 0 radical (unpaired) electrons. The molecule has 14 heavy (non-hydrogen) atoms. The zero-order valence-corrected chi connectivity index (χ0v) is 8.99. The predicted octanol–water partition coefficient (Wildman–Crippen LogP) is 3.60. The molecule has 2 rings (SSSR count). The molecule has 0 aliphatic carbocycles. The molecule has 0 N–H and O–H groups in total. The molecule has 0 saturated carbocycles. The van der Waals surface area contributed by atoms with Gasteiger partial charge < -0.3 is 4.74 Å². The van der Waals surface area contributed by atoms with Crippen molar-refractivity contribution in [3.05, 3.63) is 29.8 Å². The van der Waals surface area contributed by atoms with Crippen LogP contribution in [0.1, 0.15) is 38.2 Å². The van der Waals surface area contributed by atoms with E-state index < -0.39 is 0 Å². The van der Waals surface area contributed by atoms with Crippen molar-refractivity contribution in [2.45, 2.75) is 32.6 Å². The molecule has 1 heteroatoms. The summed E-state index contributed by atoms with van der Waals surface area (Å²) in [5, 5.41) is 0. The number of rotatable bonds is 2. The maximum absolute atomic E-state index is 5.71. The highest BCUT2D eigenvalue weighted by Crippen LogP contribution is 2.39. The Morgan fingerprint density at radius 3 is 2.93 bits per heavy atom. The molecule has 1 aromatic rings. The first-order chi connectivity index (χ1) is 6.83. The molecule has 0 saturated heterocycles. The van der Waals surface area contributed by atoms with E-state index in [-0.39, 0.29) is 0 Å². The van der Waals surface area contributed by atoms with Crippen LogP contribution < -0.4 is 4.74 Å². The molecule has 0 aromatic heterocycles. The lowest BCUT2D eigenvalue weighted by Gasteiger charge is -2.31. The van der Waals surface area contributed by atoms with E-state index in [4.69, 9.17) is 4.74 Å². The maximum Gasteiger partial charge on any atom is 0.122 e. The molecule has 76 valence electrons. The summed E-state index contributed by atoms with van der Waals surface area (Å²) in [6.45, 7) is 5.42. The van der Waals surface area contributed by atoms with Gasteiger partial charge in [-0.3, -0.25) is 0 Å². The second kappa shape index (κ2) is 4.04. The largest absolute Gasteiger partial charge is 0.493 e.